The van der Waals surface area contributed by atoms with E-state index in [2.05, 4.69) is 179 Å². The molecule has 13 aromatic rings. The van der Waals surface area contributed by atoms with Gasteiger partial charge >= 0.3 is 0 Å². The number of benzene rings is 9. The largest absolute Gasteiger partial charge is 0.454 e. The van der Waals surface area contributed by atoms with Crippen LogP contribution in [0.15, 0.2) is 173 Å². The normalized spacial score (nSPS) is 12.3. The first-order valence-electron chi connectivity index (χ1n) is 18.8. The van der Waals surface area contributed by atoms with Crippen LogP contribution in [0.1, 0.15) is 5.56 Å². The van der Waals surface area contributed by atoms with Gasteiger partial charge in [0, 0.05) is 54.5 Å². The van der Waals surface area contributed by atoms with Gasteiger partial charge in [-0.3, -0.25) is 0 Å². The fourth-order valence-electron chi connectivity index (χ4n) is 9.38. The molecule has 0 N–H and O–H groups in total. The van der Waals surface area contributed by atoms with Gasteiger partial charge in [-0.2, -0.15) is 5.26 Å². The average molecular weight is 714 g/mol. The Balaban J connectivity index is 0.985. The van der Waals surface area contributed by atoms with Gasteiger partial charge in [0.15, 0.2) is 11.2 Å². The smallest absolute Gasteiger partial charge is 0.157 e. The molecule has 0 unspecified atom stereocenters. The lowest BCUT2D eigenvalue weighted by Crippen LogP contribution is -1.93. The first-order chi connectivity index (χ1) is 27.7. The van der Waals surface area contributed by atoms with Crippen molar-refractivity contribution < 1.29 is 8.83 Å². The molecular weight excluding hydrogens is 687 g/mol. The molecule has 0 aliphatic heterocycles. The van der Waals surface area contributed by atoms with E-state index in [0.717, 1.165) is 65.6 Å². The third-order valence-corrected chi connectivity index (χ3v) is 11.9. The first-order valence-corrected chi connectivity index (χ1v) is 18.8. The van der Waals surface area contributed by atoms with Crippen molar-refractivity contribution in [1.29, 1.82) is 5.26 Å². The molecule has 0 amide bonds. The van der Waals surface area contributed by atoms with Gasteiger partial charge in [-0.05, 0) is 100 Å². The molecule has 0 radical (unpaired) electrons. The Hall–Kier alpha value is -7.81. The van der Waals surface area contributed by atoms with Gasteiger partial charge in [0.1, 0.15) is 22.8 Å². The van der Waals surface area contributed by atoms with Crippen molar-refractivity contribution in [1.82, 2.24) is 9.13 Å². The van der Waals surface area contributed by atoms with Gasteiger partial charge < -0.3 is 18.0 Å². The van der Waals surface area contributed by atoms with Crippen molar-refractivity contribution in [2.45, 2.75) is 0 Å². The van der Waals surface area contributed by atoms with Crippen LogP contribution in [-0.2, 0) is 0 Å². The van der Waals surface area contributed by atoms with Gasteiger partial charge in [0.05, 0.1) is 22.1 Å². The van der Waals surface area contributed by atoms with Crippen LogP contribution in [0, 0.1) is 11.3 Å². The highest BCUT2D eigenvalue weighted by molar-refractivity contribution is 6.21. The highest BCUT2D eigenvalue weighted by Gasteiger charge is 2.21. The van der Waals surface area contributed by atoms with Gasteiger partial charge in [-0.15, -0.1) is 0 Å². The van der Waals surface area contributed by atoms with Gasteiger partial charge in [-0.25, -0.2) is 0 Å². The van der Waals surface area contributed by atoms with Crippen LogP contribution in [0.4, 0.5) is 0 Å². The molecule has 0 saturated carbocycles. The van der Waals surface area contributed by atoms with E-state index in [1.165, 1.54) is 43.6 Å². The Morgan fingerprint density at radius 1 is 0.357 bits per heavy atom. The van der Waals surface area contributed by atoms with Crippen LogP contribution in [-0.4, -0.2) is 9.13 Å². The predicted octanol–water partition coefficient (Wildman–Crippen LogP) is 13.9. The zero-order chi connectivity index (χ0) is 36.6. The molecule has 4 aromatic heterocycles. The summed E-state index contributed by atoms with van der Waals surface area (Å²) >= 11 is 0. The lowest BCUT2D eigenvalue weighted by molar-refractivity contribution is 0.654. The molecular formula is C51H27N3O2. The van der Waals surface area contributed by atoms with Crippen molar-refractivity contribution >= 4 is 109 Å². The van der Waals surface area contributed by atoms with Gasteiger partial charge in [0.2, 0.25) is 0 Å². The number of aromatic nitrogens is 2. The molecule has 5 nitrogen and oxygen atoms in total. The third-order valence-electron chi connectivity index (χ3n) is 11.9. The summed E-state index contributed by atoms with van der Waals surface area (Å²) in [5.74, 6) is 0. The molecule has 13 rings (SSSR count). The maximum atomic E-state index is 10.6. The molecule has 0 spiro atoms. The van der Waals surface area contributed by atoms with E-state index in [4.69, 9.17) is 8.83 Å². The predicted molar refractivity (Wildman–Crippen MR) is 229 cm³/mol. The van der Waals surface area contributed by atoms with E-state index in [1.807, 2.05) is 0 Å². The molecule has 0 aliphatic carbocycles. The molecule has 0 aliphatic rings. The Kier molecular flexibility index (Phi) is 5.64. The number of rotatable bonds is 2. The Labute approximate surface area is 318 Å². The molecule has 4 heterocycles. The highest BCUT2D eigenvalue weighted by atomic mass is 16.3. The lowest BCUT2D eigenvalue weighted by Gasteiger charge is -2.09. The number of fused-ring (bicyclic) bond motifs is 14. The highest BCUT2D eigenvalue weighted by Crippen LogP contribution is 2.43. The standard InChI is InChI=1S/C51H27N3O2/c52-28-43-50-41(39-23-29-17-19-33(21-31(29)25-48(39)55-50)53-44-13-5-1-9-35(44)36-10-2-6-14-45(36)53)27-42-40-24-30-18-20-34(22-32(30)26-49(40)56-51(42)43)54-46-15-7-3-11-37(46)38-12-4-8-16-47(38)54/h1-27H. The second-order valence-corrected chi connectivity index (χ2v) is 14.8. The minimum Gasteiger partial charge on any atom is -0.454 e. The van der Waals surface area contributed by atoms with Gasteiger partial charge in [-0.1, -0.05) is 84.9 Å². The number of furan rings is 2. The van der Waals surface area contributed by atoms with Crippen LogP contribution in [0.5, 0.6) is 0 Å². The molecule has 0 bridgehead atoms. The molecule has 9 aromatic carbocycles. The molecule has 0 fully saturated rings. The lowest BCUT2D eigenvalue weighted by atomic mass is 10.0. The topological polar surface area (TPSA) is 59.9 Å². The van der Waals surface area contributed by atoms with Crippen LogP contribution in [0.2, 0.25) is 0 Å². The maximum absolute atomic E-state index is 10.6. The Bertz CT molecular complexity index is 3550. The fourth-order valence-corrected chi connectivity index (χ4v) is 9.38. The second-order valence-electron chi connectivity index (χ2n) is 14.8. The van der Waals surface area contributed by atoms with Crippen molar-refractivity contribution in [2.75, 3.05) is 0 Å². The Morgan fingerprint density at radius 2 is 0.750 bits per heavy atom. The van der Waals surface area contributed by atoms with Crippen LogP contribution < -0.4 is 0 Å². The molecule has 0 atom stereocenters. The van der Waals surface area contributed by atoms with E-state index >= 15 is 0 Å². The minimum atomic E-state index is 0.412. The molecule has 258 valence electrons. The average Bonchev–Trinajstić information content (AvgIpc) is 3.98. The molecule has 0 saturated heterocycles. The van der Waals surface area contributed by atoms with E-state index in [9.17, 15) is 5.26 Å². The maximum Gasteiger partial charge on any atom is 0.157 e. The van der Waals surface area contributed by atoms with Crippen LogP contribution in [0.25, 0.3) is 120 Å². The summed E-state index contributed by atoms with van der Waals surface area (Å²) in [6, 6.07) is 60.6. The zero-order valence-electron chi connectivity index (χ0n) is 29.7. The second kappa shape index (κ2) is 10.7. The Morgan fingerprint density at radius 3 is 1.14 bits per heavy atom. The van der Waals surface area contributed by atoms with Crippen molar-refractivity contribution in [3.05, 3.63) is 169 Å². The zero-order valence-corrected chi connectivity index (χ0v) is 29.7. The number of hydrogen-bond donors (Lipinski definition) is 0. The summed E-state index contributed by atoms with van der Waals surface area (Å²) in [6.07, 6.45) is 0. The van der Waals surface area contributed by atoms with Crippen LogP contribution in [0.3, 0.4) is 0 Å². The number of nitrogens with zero attached hydrogens (tertiary/aromatic N) is 3. The third kappa shape index (κ3) is 3.87. The van der Waals surface area contributed by atoms with E-state index in [-0.39, 0.29) is 0 Å². The molecule has 5 heteroatoms. The first kappa shape index (κ1) is 29.6. The van der Waals surface area contributed by atoms with Crippen LogP contribution >= 0.6 is 0 Å². The summed E-state index contributed by atoms with van der Waals surface area (Å²) in [5.41, 5.74) is 9.83. The number of nitriles is 1. The van der Waals surface area contributed by atoms with Crippen molar-refractivity contribution in [3.63, 3.8) is 0 Å². The van der Waals surface area contributed by atoms with Crippen molar-refractivity contribution in [2.24, 2.45) is 0 Å². The minimum absolute atomic E-state index is 0.412. The van der Waals surface area contributed by atoms with Crippen molar-refractivity contribution in [3.8, 4) is 17.4 Å². The monoisotopic (exact) mass is 713 g/mol. The SMILES string of the molecule is N#Cc1c2oc3cc4cc(-n5c6ccccc6c6ccccc65)ccc4cc3c2cc2c1oc1cc3cc(-n4c5ccccc5c5ccccc54)ccc3cc12. The summed E-state index contributed by atoms with van der Waals surface area (Å²) in [7, 11) is 0. The molecule has 56 heavy (non-hydrogen) atoms. The van der Waals surface area contributed by atoms with E-state index < -0.39 is 0 Å². The number of hydrogen-bond acceptors (Lipinski definition) is 3. The summed E-state index contributed by atoms with van der Waals surface area (Å²) in [4.78, 5) is 0. The number of para-hydroxylation sites is 4. The van der Waals surface area contributed by atoms with E-state index in [0.29, 0.717) is 16.7 Å². The summed E-state index contributed by atoms with van der Waals surface area (Å²) < 4.78 is 17.8. The fraction of sp³-hybridized carbons (Fsp3) is 0. The van der Waals surface area contributed by atoms with Gasteiger partial charge in [0.25, 0.3) is 0 Å². The summed E-state index contributed by atoms with van der Waals surface area (Å²) in [5, 5.41) is 23.6. The summed E-state index contributed by atoms with van der Waals surface area (Å²) in [6.45, 7) is 0. The quantitative estimate of drug-likeness (QED) is 0.179. The van der Waals surface area contributed by atoms with E-state index in [1.54, 1.807) is 0 Å².